The Balaban J connectivity index is 1.92. The fourth-order valence-corrected chi connectivity index (χ4v) is 3.62. The lowest BCUT2D eigenvalue weighted by Crippen LogP contribution is -2.33. The van der Waals surface area contributed by atoms with E-state index in [1.54, 1.807) is 0 Å². The molecule has 1 fully saturated rings. The fourth-order valence-electron chi connectivity index (χ4n) is 3.50. The number of carbonyl (C=O) groups excluding carboxylic acids is 1. The van der Waals surface area contributed by atoms with Crippen LogP contribution in [0.5, 0.6) is 0 Å². The Hall–Kier alpha value is -2.15. The van der Waals surface area contributed by atoms with Crippen LogP contribution in [0.2, 0.25) is 5.02 Å². The highest BCUT2D eigenvalue weighted by Crippen LogP contribution is 2.34. The lowest BCUT2D eigenvalue weighted by atomic mass is 9.88. The third kappa shape index (κ3) is 5.01. The molecule has 3 nitrogen and oxygen atoms in total. The van der Waals surface area contributed by atoms with Crippen LogP contribution >= 0.6 is 11.6 Å². The van der Waals surface area contributed by atoms with Crippen LogP contribution in [-0.4, -0.2) is 16.9 Å². The predicted molar refractivity (Wildman–Crippen MR) is 97.5 cm³/mol. The lowest BCUT2D eigenvalue weighted by Gasteiger charge is -2.20. The van der Waals surface area contributed by atoms with Crippen molar-refractivity contribution in [3.63, 3.8) is 0 Å². The lowest BCUT2D eigenvalue weighted by molar-refractivity contribution is -0.137. The smallest absolute Gasteiger partial charge is 0.353 e. The van der Waals surface area contributed by atoms with Gasteiger partial charge in [0.2, 0.25) is 5.91 Å². The number of hydrogen-bond acceptors (Lipinski definition) is 2. The highest BCUT2D eigenvalue weighted by Gasteiger charge is 2.32. The molecule has 1 heterocycles. The van der Waals surface area contributed by atoms with Crippen molar-refractivity contribution in [3.8, 4) is 0 Å². The van der Waals surface area contributed by atoms with Crippen LogP contribution in [0.15, 0.2) is 36.7 Å². The Morgan fingerprint density at radius 2 is 1.89 bits per heavy atom. The number of alkyl halides is 3. The molecular weight excluding hydrogens is 396 g/mol. The zero-order chi connectivity index (χ0) is 20.3. The quantitative estimate of drug-likeness (QED) is 0.659. The molecular formula is C20H19ClF4N2O. The Kier molecular flexibility index (Phi) is 6.23. The molecule has 28 heavy (non-hydrogen) atoms. The number of halogens is 5. The van der Waals surface area contributed by atoms with E-state index < -0.39 is 23.5 Å². The molecule has 0 aliphatic heterocycles. The van der Waals surface area contributed by atoms with E-state index in [4.69, 9.17) is 11.6 Å². The normalized spacial score (nSPS) is 16.2. The van der Waals surface area contributed by atoms with Crippen molar-refractivity contribution >= 4 is 17.5 Å². The summed E-state index contributed by atoms with van der Waals surface area (Å²) in [7, 11) is 0. The van der Waals surface area contributed by atoms with Crippen LogP contribution < -0.4 is 5.32 Å². The molecule has 1 aromatic heterocycles. The van der Waals surface area contributed by atoms with E-state index in [0.717, 1.165) is 44.0 Å². The van der Waals surface area contributed by atoms with E-state index in [1.165, 1.54) is 18.3 Å². The van der Waals surface area contributed by atoms with Gasteiger partial charge in [-0.1, -0.05) is 30.5 Å². The largest absolute Gasteiger partial charge is 0.417 e. The highest BCUT2D eigenvalue weighted by atomic mass is 35.5. The molecule has 1 amide bonds. The van der Waals surface area contributed by atoms with E-state index in [1.807, 2.05) is 0 Å². The molecule has 1 aliphatic rings. The number of rotatable bonds is 5. The fraction of sp³-hybridized carbons (Fsp3) is 0.400. The number of amides is 1. The van der Waals surface area contributed by atoms with Crippen molar-refractivity contribution in [1.29, 1.82) is 0 Å². The van der Waals surface area contributed by atoms with Gasteiger partial charge in [-0.15, -0.1) is 0 Å². The molecule has 1 aromatic carbocycles. The second kappa shape index (κ2) is 8.47. The van der Waals surface area contributed by atoms with Gasteiger partial charge in [0.15, 0.2) is 0 Å². The SMILES string of the molecule is O=C(CC(c1cncc(C(F)(F)F)c1)c1ccc(Cl)c(F)c1)NC1CCCC1. The number of benzene rings is 1. The summed E-state index contributed by atoms with van der Waals surface area (Å²) in [5.41, 5.74) is -0.358. The molecule has 3 rings (SSSR count). The first-order valence-electron chi connectivity index (χ1n) is 9.00. The van der Waals surface area contributed by atoms with Crippen molar-refractivity contribution in [2.24, 2.45) is 0 Å². The Bertz CT molecular complexity index is 850. The Morgan fingerprint density at radius 1 is 1.18 bits per heavy atom. The standard InChI is InChI=1S/C20H19ClF4N2O/c21-17-6-5-12(8-18(17)22)16(9-19(28)27-15-3-1-2-4-15)13-7-14(11-26-10-13)20(23,24)25/h5-8,10-11,15-16H,1-4,9H2,(H,27,28). The minimum absolute atomic E-state index is 0.0785. The third-order valence-corrected chi connectivity index (χ3v) is 5.25. The van der Waals surface area contributed by atoms with Crippen molar-refractivity contribution in [1.82, 2.24) is 10.3 Å². The van der Waals surface area contributed by atoms with Crippen LogP contribution in [-0.2, 0) is 11.0 Å². The summed E-state index contributed by atoms with van der Waals surface area (Å²) in [5, 5.41) is 2.82. The molecule has 1 saturated carbocycles. The number of pyridine rings is 1. The van der Waals surface area contributed by atoms with Gasteiger partial charge in [0, 0.05) is 30.8 Å². The van der Waals surface area contributed by atoms with Gasteiger partial charge in [0.25, 0.3) is 0 Å². The summed E-state index contributed by atoms with van der Waals surface area (Å²) in [6.45, 7) is 0. The van der Waals surface area contributed by atoms with E-state index in [0.29, 0.717) is 5.56 Å². The van der Waals surface area contributed by atoms with Crippen molar-refractivity contribution in [3.05, 3.63) is 64.2 Å². The summed E-state index contributed by atoms with van der Waals surface area (Å²) in [5.74, 6) is -1.76. The van der Waals surface area contributed by atoms with Crippen LogP contribution in [0.3, 0.4) is 0 Å². The monoisotopic (exact) mass is 414 g/mol. The second-order valence-electron chi connectivity index (χ2n) is 6.98. The molecule has 150 valence electrons. The van der Waals surface area contributed by atoms with Crippen LogP contribution in [0.1, 0.15) is 54.7 Å². The molecule has 1 aliphatic carbocycles. The van der Waals surface area contributed by atoms with E-state index in [2.05, 4.69) is 10.3 Å². The first kappa shape index (κ1) is 20.6. The van der Waals surface area contributed by atoms with Crippen molar-refractivity contribution in [2.45, 2.75) is 50.2 Å². The average molecular weight is 415 g/mol. The number of carbonyl (C=O) groups is 1. The summed E-state index contributed by atoms with van der Waals surface area (Å²) in [6, 6.07) is 5.02. The molecule has 0 radical (unpaired) electrons. The zero-order valence-corrected chi connectivity index (χ0v) is 15.7. The summed E-state index contributed by atoms with van der Waals surface area (Å²) < 4.78 is 53.2. The van der Waals surface area contributed by atoms with Gasteiger partial charge in [-0.05, 0) is 42.2 Å². The first-order chi connectivity index (χ1) is 13.2. The van der Waals surface area contributed by atoms with Crippen LogP contribution in [0, 0.1) is 5.82 Å². The van der Waals surface area contributed by atoms with Gasteiger partial charge in [0.1, 0.15) is 5.82 Å². The van der Waals surface area contributed by atoms with Gasteiger partial charge < -0.3 is 5.32 Å². The van der Waals surface area contributed by atoms with Gasteiger partial charge in [0.05, 0.1) is 10.6 Å². The van der Waals surface area contributed by atoms with Crippen molar-refractivity contribution in [2.75, 3.05) is 0 Å². The molecule has 1 unspecified atom stereocenters. The van der Waals surface area contributed by atoms with E-state index >= 15 is 0 Å². The maximum Gasteiger partial charge on any atom is 0.417 e. The molecule has 0 bridgehead atoms. The minimum atomic E-state index is -4.56. The maximum absolute atomic E-state index is 14.0. The van der Waals surface area contributed by atoms with Gasteiger partial charge in [-0.2, -0.15) is 13.2 Å². The number of aromatic nitrogens is 1. The van der Waals surface area contributed by atoms with Gasteiger partial charge in [-0.25, -0.2) is 4.39 Å². The first-order valence-corrected chi connectivity index (χ1v) is 9.38. The van der Waals surface area contributed by atoms with E-state index in [-0.39, 0.29) is 29.0 Å². The number of nitrogens with one attached hydrogen (secondary N) is 1. The molecule has 0 spiro atoms. The molecule has 8 heteroatoms. The zero-order valence-electron chi connectivity index (χ0n) is 14.9. The van der Waals surface area contributed by atoms with Gasteiger partial charge >= 0.3 is 6.18 Å². The Labute approximate surface area is 165 Å². The summed E-state index contributed by atoms with van der Waals surface area (Å²) in [4.78, 5) is 16.2. The average Bonchev–Trinajstić information content (AvgIpc) is 3.14. The minimum Gasteiger partial charge on any atom is -0.353 e. The second-order valence-corrected chi connectivity index (χ2v) is 7.39. The summed E-state index contributed by atoms with van der Waals surface area (Å²) >= 11 is 5.72. The predicted octanol–water partition coefficient (Wildman–Crippen LogP) is 5.47. The van der Waals surface area contributed by atoms with Gasteiger partial charge in [-0.3, -0.25) is 9.78 Å². The topological polar surface area (TPSA) is 42.0 Å². The molecule has 2 aromatic rings. The number of nitrogens with zero attached hydrogens (tertiary/aromatic N) is 1. The Morgan fingerprint density at radius 3 is 2.54 bits per heavy atom. The maximum atomic E-state index is 14.0. The third-order valence-electron chi connectivity index (χ3n) is 4.94. The number of hydrogen-bond donors (Lipinski definition) is 1. The van der Waals surface area contributed by atoms with Crippen LogP contribution in [0.4, 0.5) is 17.6 Å². The van der Waals surface area contributed by atoms with E-state index in [9.17, 15) is 22.4 Å². The highest BCUT2D eigenvalue weighted by molar-refractivity contribution is 6.30. The molecule has 1 atom stereocenters. The van der Waals surface area contributed by atoms with Crippen molar-refractivity contribution < 1.29 is 22.4 Å². The molecule has 0 saturated heterocycles. The molecule has 1 N–H and O–H groups in total. The van der Waals surface area contributed by atoms with Crippen LogP contribution in [0.25, 0.3) is 0 Å². The summed E-state index contributed by atoms with van der Waals surface area (Å²) in [6.07, 6.45) is 1.17.